The molecule has 8 nitrogen and oxygen atoms in total. The minimum Gasteiger partial charge on any atom is -0.369 e. The highest BCUT2D eigenvalue weighted by Gasteiger charge is 2.25. The molecule has 1 heterocycles. The van der Waals surface area contributed by atoms with Crippen LogP contribution in [-0.4, -0.2) is 66.9 Å². The predicted octanol–water partition coefficient (Wildman–Crippen LogP) is 4.98. The number of halogens is 1. The van der Waals surface area contributed by atoms with Crippen molar-refractivity contribution < 1.29 is 18.8 Å². The number of carbonyl (C=O) groups is 3. The van der Waals surface area contributed by atoms with Crippen molar-refractivity contribution in [3.05, 3.63) is 95.3 Å². The van der Waals surface area contributed by atoms with Crippen LogP contribution >= 0.6 is 0 Å². The Balaban J connectivity index is 1.59. The fourth-order valence-electron chi connectivity index (χ4n) is 4.70. The maximum absolute atomic E-state index is 13.8. The molecule has 210 valence electrons. The van der Waals surface area contributed by atoms with Crippen molar-refractivity contribution in [2.45, 2.75) is 32.9 Å². The van der Waals surface area contributed by atoms with Crippen molar-refractivity contribution in [2.75, 3.05) is 43.4 Å². The summed E-state index contributed by atoms with van der Waals surface area (Å²) in [6.07, 6.45) is 0.752. The number of carbonyl (C=O) groups excluding carboxylic acids is 3. The molecule has 4 rings (SSSR count). The molecule has 1 aliphatic heterocycles. The maximum Gasteiger partial charge on any atom is 0.317 e. The lowest BCUT2D eigenvalue weighted by Crippen LogP contribution is -2.44. The fraction of sp³-hybridized carbons (Fsp3) is 0.323. The van der Waals surface area contributed by atoms with Crippen LogP contribution in [0.1, 0.15) is 46.5 Å². The summed E-state index contributed by atoms with van der Waals surface area (Å²) in [7, 11) is 1.75. The van der Waals surface area contributed by atoms with Crippen LogP contribution in [0.5, 0.6) is 0 Å². The molecule has 40 heavy (non-hydrogen) atoms. The third-order valence-corrected chi connectivity index (χ3v) is 6.74. The van der Waals surface area contributed by atoms with E-state index in [4.69, 9.17) is 0 Å². The molecule has 4 amide bonds. The van der Waals surface area contributed by atoms with E-state index < -0.39 is 11.7 Å². The van der Waals surface area contributed by atoms with E-state index in [9.17, 15) is 18.8 Å². The van der Waals surface area contributed by atoms with E-state index in [0.717, 1.165) is 17.7 Å². The number of hydrogen-bond acceptors (Lipinski definition) is 4. The zero-order valence-electron chi connectivity index (χ0n) is 23.2. The molecule has 0 aromatic heterocycles. The molecule has 1 saturated heterocycles. The molecule has 0 spiro atoms. The number of nitrogens with zero attached hydrogens (tertiary/aromatic N) is 3. The van der Waals surface area contributed by atoms with Gasteiger partial charge in [-0.1, -0.05) is 30.3 Å². The lowest BCUT2D eigenvalue weighted by molar-refractivity contribution is 0.0785. The van der Waals surface area contributed by atoms with E-state index in [1.165, 1.54) is 24.3 Å². The van der Waals surface area contributed by atoms with Crippen LogP contribution in [0.2, 0.25) is 0 Å². The van der Waals surface area contributed by atoms with Crippen molar-refractivity contribution in [1.82, 2.24) is 15.1 Å². The number of urea groups is 1. The second-order valence-electron chi connectivity index (χ2n) is 10.3. The van der Waals surface area contributed by atoms with Crippen LogP contribution in [0.4, 0.5) is 20.6 Å². The second-order valence-corrected chi connectivity index (χ2v) is 10.3. The van der Waals surface area contributed by atoms with E-state index in [1.807, 2.05) is 50.2 Å². The van der Waals surface area contributed by atoms with Gasteiger partial charge in [0.1, 0.15) is 5.82 Å². The first-order chi connectivity index (χ1) is 19.2. The number of anilines is 2. The van der Waals surface area contributed by atoms with E-state index in [2.05, 4.69) is 15.5 Å². The SMILES string of the molecule is CC(C)NC(=O)N1CCCN(c2ccc(NC(=O)c3ccc(F)cc3)cc2C(=O)N(C)Cc2ccccc2)CC1. The van der Waals surface area contributed by atoms with E-state index >= 15 is 0 Å². The first-order valence-corrected chi connectivity index (χ1v) is 13.5. The van der Waals surface area contributed by atoms with Gasteiger partial charge in [-0.25, -0.2) is 9.18 Å². The van der Waals surface area contributed by atoms with Crippen molar-refractivity contribution in [1.29, 1.82) is 0 Å². The van der Waals surface area contributed by atoms with Gasteiger partial charge < -0.3 is 25.3 Å². The highest BCUT2D eigenvalue weighted by molar-refractivity contribution is 6.06. The second kappa shape index (κ2) is 13.1. The van der Waals surface area contributed by atoms with Gasteiger partial charge in [0.05, 0.1) is 5.56 Å². The molecular formula is C31H36FN5O3. The number of hydrogen-bond donors (Lipinski definition) is 2. The zero-order valence-corrected chi connectivity index (χ0v) is 23.2. The summed E-state index contributed by atoms with van der Waals surface area (Å²) in [4.78, 5) is 44.8. The third kappa shape index (κ3) is 7.37. The van der Waals surface area contributed by atoms with Gasteiger partial charge in [0, 0.05) is 62.8 Å². The van der Waals surface area contributed by atoms with Crippen LogP contribution in [0.25, 0.3) is 0 Å². The number of amides is 4. The Morgan fingerprint density at radius 2 is 1.65 bits per heavy atom. The lowest BCUT2D eigenvalue weighted by atomic mass is 10.1. The van der Waals surface area contributed by atoms with Gasteiger partial charge in [-0.3, -0.25) is 9.59 Å². The van der Waals surface area contributed by atoms with Crippen LogP contribution in [0.3, 0.4) is 0 Å². The third-order valence-electron chi connectivity index (χ3n) is 6.74. The average Bonchev–Trinajstić information content (AvgIpc) is 3.19. The summed E-state index contributed by atoms with van der Waals surface area (Å²) in [5.74, 6) is -1.01. The Hall–Kier alpha value is -4.40. The van der Waals surface area contributed by atoms with Gasteiger partial charge in [0.25, 0.3) is 11.8 Å². The van der Waals surface area contributed by atoms with E-state index in [-0.39, 0.29) is 18.0 Å². The van der Waals surface area contributed by atoms with Gasteiger partial charge >= 0.3 is 6.03 Å². The maximum atomic E-state index is 13.8. The Morgan fingerprint density at radius 1 is 0.925 bits per heavy atom. The standard InChI is InChI=1S/C31H36FN5O3/c1-22(2)33-31(40)37-17-7-16-36(18-19-37)28-15-14-26(34-29(38)24-10-12-25(32)13-11-24)20-27(28)30(39)35(3)21-23-8-5-4-6-9-23/h4-6,8-15,20,22H,7,16-19,21H2,1-3H3,(H,33,40)(H,34,38). The monoisotopic (exact) mass is 545 g/mol. The molecule has 9 heteroatoms. The van der Waals surface area contributed by atoms with Crippen molar-refractivity contribution in [3.63, 3.8) is 0 Å². The molecule has 0 bridgehead atoms. The summed E-state index contributed by atoms with van der Waals surface area (Å²) in [6.45, 7) is 6.68. The molecule has 0 radical (unpaired) electrons. The van der Waals surface area contributed by atoms with Crippen molar-refractivity contribution >= 4 is 29.2 Å². The molecule has 1 aliphatic rings. The molecule has 3 aromatic rings. The molecular weight excluding hydrogens is 509 g/mol. The molecule has 0 unspecified atom stereocenters. The van der Waals surface area contributed by atoms with E-state index in [1.54, 1.807) is 29.0 Å². The van der Waals surface area contributed by atoms with Crippen molar-refractivity contribution in [3.8, 4) is 0 Å². The zero-order chi connectivity index (χ0) is 28.6. The average molecular weight is 546 g/mol. The van der Waals surface area contributed by atoms with Crippen molar-refractivity contribution in [2.24, 2.45) is 0 Å². The van der Waals surface area contributed by atoms with Gasteiger partial charge in [-0.05, 0) is 68.3 Å². The number of rotatable bonds is 7. The highest BCUT2D eigenvalue weighted by Crippen LogP contribution is 2.28. The van der Waals surface area contributed by atoms with Crippen LogP contribution < -0.4 is 15.5 Å². The van der Waals surface area contributed by atoms with Gasteiger partial charge in [0.15, 0.2) is 0 Å². The first kappa shape index (κ1) is 28.6. The minimum atomic E-state index is -0.423. The Morgan fingerprint density at radius 3 is 2.35 bits per heavy atom. The smallest absolute Gasteiger partial charge is 0.317 e. The summed E-state index contributed by atoms with van der Waals surface area (Å²) in [5.41, 5.74) is 2.97. The summed E-state index contributed by atoms with van der Waals surface area (Å²) < 4.78 is 13.3. The minimum absolute atomic E-state index is 0.0499. The van der Waals surface area contributed by atoms with Gasteiger partial charge in [-0.2, -0.15) is 0 Å². The first-order valence-electron chi connectivity index (χ1n) is 13.5. The summed E-state index contributed by atoms with van der Waals surface area (Å²) >= 11 is 0. The molecule has 0 aliphatic carbocycles. The number of benzene rings is 3. The molecule has 0 saturated carbocycles. The molecule has 1 fully saturated rings. The molecule has 0 atom stereocenters. The lowest BCUT2D eigenvalue weighted by Gasteiger charge is -2.28. The van der Waals surface area contributed by atoms with Gasteiger partial charge in [0.2, 0.25) is 0 Å². The predicted molar refractivity (Wildman–Crippen MR) is 155 cm³/mol. The number of nitrogens with one attached hydrogen (secondary N) is 2. The fourth-order valence-corrected chi connectivity index (χ4v) is 4.70. The van der Waals surface area contributed by atoms with Crippen LogP contribution in [0.15, 0.2) is 72.8 Å². The highest BCUT2D eigenvalue weighted by atomic mass is 19.1. The Bertz CT molecular complexity index is 1330. The summed E-state index contributed by atoms with van der Waals surface area (Å²) in [6, 6.07) is 20.3. The van der Waals surface area contributed by atoms with Crippen LogP contribution in [-0.2, 0) is 6.54 Å². The normalized spacial score (nSPS) is 13.5. The Kier molecular flexibility index (Phi) is 9.37. The van der Waals surface area contributed by atoms with E-state index in [0.29, 0.717) is 49.5 Å². The topological polar surface area (TPSA) is 85.0 Å². The van der Waals surface area contributed by atoms with Gasteiger partial charge in [-0.15, -0.1) is 0 Å². The molecule has 2 N–H and O–H groups in total. The molecule has 3 aromatic carbocycles. The quantitative estimate of drug-likeness (QED) is 0.439. The largest absolute Gasteiger partial charge is 0.369 e. The summed E-state index contributed by atoms with van der Waals surface area (Å²) in [5, 5.41) is 5.78. The Labute approximate surface area is 234 Å². The van der Waals surface area contributed by atoms with Crippen LogP contribution in [0, 0.1) is 5.82 Å².